The zero-order valence-corrected chi connectivity index (χ0v) is 27.5. The molecule has 12 heteroatoms. The molecule has 2 aliphatic rings. The number of cyclic esters (lactones) is 1. The van der Waals surface area contributed by atoms with Crippen LogP contribution in [0, 0.1) is 24.2 Å². The zero-order valence-electron chi connectivity index (χ0n) is 25.0. The third kappa shape index (κ3) is 7.05. The summed E-state index contributed by atoms with van der Waals surface area (Å²) >= 11 is 2.66. The van der Waals surface area contributed by atoms with Gasteiger partial charge in [0.2, 0.25) is 0 Å². The average Bonchev–Trinajstić information content (AvgIpc) is 3.25. The number of thiazole rings is 1. The third-order valence-electron chi connectivity index (χ3n) is 8.78. The highest BCUT2D eigenvalue weighted by molar-refractivity contribution is 7.91. The molecule has 232 valence electrons. The number of fused-ring (bicyclic) bond motifs is 1. The Hall–Kier alpha value is -1.96. The van der Waals surface area contributed by atoms with Crippen molar-refractivity contribution in [2.24, 2.45) is 17.3 Å². The number of thiophene rings is 1. The van der Waals surface area contributed by atoms with Crippen molar-refractivity contribution in [3.63, 3.8) is 0 Å². The molecule has 0 radical (unpaired) electrons. The average molecular weight is 639 g/mol. The van der Waals surface area contributed by atoms with E-state index in [1.54, 1.807) is 38.3 Å². The van der Waals surface area contributed by atoms with E-state index in [2.05, 4.69) is 4.98 Å². The van der Waals surface area contributed by atoms with Gasteiger partial charge in [0.05, 0.1) is 34.7 Å². The molecule has 42 heavy (non-hydrogen) atoms. The standard InChI is InChI=1S/C30H42N2O7S3/c1-17-9-7-10-22-23(32(22)42(37,38)27-11-8-12-40-27)14-24(18(2)13-21-16-41-20(4)31-21)39-26(34)15-25(33)30(5,6)29(36)19(3)28(17)35/h8,11-13,16-17,19,22-25,28,33,35H,7,9-10,14-15H2,1-6H3/t17-,19+,22+,23-,24-,25-,28-,32?/m0/s1. The number of ketones is 1. The van der Waals surface area contributed by atoms with Gasteiger partial charge in [0.15, 0.2) is 0 Å². The fourth-order valence-electron chi connectivity index (χ4n) is 5.92. The molecule has 2 saturated heterocycles. The maximum absolute atomic E-state index is 13.6. The van der Waals surface area contributed by atoms with Crippen molar-refractivity contribution in [2.45, 2.75) is 108 Å². The van der Waals surface area contributed by atoms with Crippen LogP contribution in [0.3, 0.4) is 0 Å². The number of aromatic nitrogens is 1. The second-order valence-electron chi connectivity index (χ2n) is 12.3. The molecular weight excluding hydrogens is 597 g/mol. The number of esters is 1. The lowest BCUT2D eigenvalue weighted by Gasteiger charge is -2.34. The molecule has 1 unspecified atom stereocenters. The number of rotatable bonds is 4. The third-order valence-corrected chi connectivity index (χ3v) is 12.9. The molecule has 2 fully saturated rings. The number of carbonyl (C=O) groups is 2. The van der Waals surface area contributed by atoms with Crippen molar-refractivity contribution in [1.82, 2.24) is 9.29 Å². The molecule has 0 aliphatic carbocycles. The maximum atomic E-state index is 13.6. The number of hydrogen-bond acceptors (Lipinski definition) is 10. The number of Topliss-reactive ketones (excluding diaryl/α,β-unsaturated/α-hetero) is 1. The summed E-state index contributed by atoms with van der Waals surface area (Å²) in [5.41, 5.74) is 0.146. The molecule has 2 aromatic heterocycles. The van der Waals surface area contributed by atoms with E-state index in [-0.39, 0.29) is 34.4 Å². The number of aliphatic hydroxyl groups excluding tert-OH is 2. The Morgan fingerprint density at radius 3 is 2.50 bits per heavy atom. The van der Waals surface area contributed by atoms with Crippen LogP contribution in [0.15, 0.2) is 32.7 Å². The molecule has 0 spiro atoms. The van der Waals surface area contributed by atoms with Crippen LogP contribution in [-0.2, 0) is 24.3 Å². The molecule has 8 atom stereocenters. The van der Waals surface area contributed by atoms with E-state index in [9.17, 15) is 28.2 Å². The second kappa shape index (κ2) is 13.0. The van der Waals surface area contributed by atoms with Gasteiger partial charge in [-0.1, -0.05) is 40.2 Å². The van der Waals surface area contributed by atoms with Crippen LogP contribution in [0.5, 0.6) is 0 Å². The Balaban J connectivity index is 1.68. The molecule has 0 aromatic carbocycles. The molecule has 4 heterocycles. The Kier molecular flexibility index (Phi) is 10.2. The number of hydrogen-bond donors (Lipinski definition) is 2. The summed E-state index contributed by atoms with van der Waals surface area (Å²) < 4.78 is 34.9. The first-order chi connectivity index (χ1) is 19.6. The van der Waals surface area contributed by atoms with Crippen LogP contribution in [0.25, 0.3) is 6.08 Å². The minimum atomic E-state index is -3.74. The van der Waals surface area contributed by atoms with E-state index in [0.29, 0.717) is 24.8 Å². The van der Waals surface area contributed by atoms with Gasteiger partial charge in [-0.15, -0.1) is 22.7 Å². The summed E-state index contributed by atoms with van der Waals surface area (Å²) in [6, 6.07) is 2.63. The number of sulfonamides is 1. The van der Waals surface area contributed by atoms with Gasteiger partial charge < -0.3 is 14.9 Å². The lowest BCUT2D eigenvalue weighted by atomic mass is 9.73. The molecule has 0 amide bonds. The van der Waals surface area contributed by atoms with Gasteiger partial charge in [0.1, 0.15) is 16.1 Å². The number of carbonyl (C=O) groups excluding carboxylic acids is 2. The lowest BCUT2D eigenvalue weighted by molar-refractivity contribution is -0.154. The second-order valence-corrected chi connectivity index (χ2v) is 16.4. The van der Waals surface area contributed by atoms with Crippen molar-refractivity contribution in [2.75, 3.05) is 0 Å². The summed E-state index contributed by atoms with van der Waals surface area (Å²) in [6.45, 7) is 10.4. The SMILES string of the molecule is CC(=Cc1csc(C)n1)[C@@H]1C[C@H]2[C@@H](CCC[C@H](C)[C@H](O)[C@@H](C)C(=O)C(C)(C)[C@@H](O)CC(=O)O1)N2S(=O)(=O)c1cccs1. The van der Waals surface area contributed by atoms with Crippen LogP contribution in [-0.4, -0.2) is 70.1 Å². The van der Waals surface area contributed by atoms with Crippen LogP contribution < -0.4 is 0 Å². The van der Waals surface area contributed by atoms with Gasteiger partial charge in [-0.25, -0.2) is 13.4 Å². The van der Waals surface area contributed by atoms with Crippen LogP contribution in [0.2, 0.25) is 0 Å². The predicted octanol–water partition coefficient (Wildman–Crippen LogP) is 4.82. The molecule has 4 rings (SSSR count). The quantitative estimate of drug-likeness (QED) is 0.360. The zero-order chi connectivity index (χ0) is 31.0. The van der Waals surface area contributed by atoms with Crippen molar-refractivity contribution < 1.29 is 33.0 Å². The summed E-state index contributed by atoms with van der Waals surface area (Å²) in [4.78, 5) is 31.1. The van der Waals surface area contributed by atoms with E-state index in [4.69, 9.17) is 4.74 Å². The van der Waals surface area contributed by atoms with E-state index in [0.717, 1.165) is 10.7 Å². The molecule has 2 N–H and O–H groups in total. The van der Waals surface area contributed by atoms with Crippen LogP contribution in [0.4, 0.5) is 0 Å². The van der Waals surface area contributed by atoms with E-state index in [1.807, 2.05) is 32.2 Å². The van der Waals surface area contributed by atoms with Crippen molar-refractivity contribution in [3.05, 3.63) is 39.2 Å². The minimum Gasteiger partial charge on any atom is -0.458 e. The van der Waals surface area contributed by atoms with Gasteiger partial charge in [-0.05, 0) is 55.7 Å². The Morgan fingerprint density at radius 2 is 1.88 bits per heavy atom. The van der Waals surface area contributed by atoms with Crippen molar-refractivity contribution in [1.29, 1.82) is 0 Å². The first kappa shape index (κ1) is 32.9. The normalized spacial score (nSPS) is 33.6. The topological polar surface area (TPSA) is 134 Å². The number of ether oxygens (including phenoxy) is 1. The van der Waals surface area contributed by atoms with Gasteiger partial charge in [0, 0.05) is 29.8 Å². The summed E-state index contributed by atoms with van der Waals surface area (Å²) in [5.74, 6) is -1.98. The van der Waals surface area contributed by atoms with Crippen LogP contribution in [0.1, 0.15) is 77.4 Å². The highest BCUT2D eigenvalue weighted by Crippen LogP contribution is 2.44. The predicted molar refractivity (Wildman–Crippen MR) is 164 cm³/mol. The van der Waals surface area contributed by atoms with Gasteiger partial charge >= 0.3 is 5.97 Å². The first-order valence-corrected chi connectivity index (χ1v) is 17.6. The lowest BCUT2D eigenvalue weighted by Crippen LogP contribution is -2.45. The Bertz CT molecular complexity index is 1400. The number of aryl methyl sites for hydroxylation is 1. The molecule has 9 nitrogen and oxygen atoms in total. The minimum absolute atomic E-state index is 0.214. The van der Waals surface area contributed by atoms with E-state index in [1.165, 1.54) is 27.0 Å². The number of nitrogens with zero attached hydrogens (tertiary/aromatic N) is 2. The number of aliphatic hydroxyl groups is 2. The summed E-state index contributed by atoms with van der Waals surface area (Å²) in [7, 11) is -3.74. The van der Waals surface area contributed by atoms with Crippen molar-refractivity contribution >= 4 is 50.5 Å². The highest BCUT2D eigenvalue weighted by atomic mass is 32.2. The largest absolute Gasteiger partial charge is 0.458 e. The van der Waals surface area contributed by atoms with Gasteiger partial charge in [0.25, 0.3) is 10.0 Å². The maximum Gasteiger partial charge on any atom is 0.309 e. The Morgan fingerprint density at radius 1 is 1.17 bits per heavy atom. The van der Waals surface area contributed by atoms with E-state index < -0.39 is 52.1 Å². The van der Waals surface area contributed by atoms with Crippen molar-refractivity contribution in [3.8, 4) is 0 Å². The molecule has 0 bridgehead atoms. The molecule has 2 aliphatic heterocycles. The molecule has 0 saturated carbocycles. The Labute approximate surface area is 256 Å². The van der Waals surface area contributed by atoms with E-state index >= 15 is 0 Å². The monoisotopic (exact) mass is 638 g/mol. The summed E-state index contributed by atoms with van der Waals surface area (Å²) in [5, 5.41) is 26.5. The van der Waals surface area contributed by atoms with Gasteiger partial charge in [-0.3, -0.25) is 9.59 Å². The molecule has 2 aromatic rings. The first-order valence-electron chi connectivity index (χ1n) is 14.4. The molecular formula is C30H42N2O7S3. The highest BCUT2D eigenvalue weighted by Gasteiger charge is 2.56. The summed E-state index contributed by atoms with van der Waals surface area (Å²) in [6.07, 6.45) is 0.495. The van der Waals surface area contributed by atoms with Gasteiger partial charge in [-0.2, -0.15) is 4.31 Å². The fraction of sp³-hybridized carbons (Fsp3) is 0.633. The van der Waals surface area contributed by atoms with Crippen LogP contribution >= 0.6 is 22.7 Å². The fourth-order valence-corrected chi connectivity index (χ4v) is 9.44. The smallest absolute Gasteiger partial charge is 0.309 e.